The number of carboxylic acids is 1. The van der Waals surface area contributed by atoms with Crippen LogP contribution in [0.4, 0.5) is 18.9 Å². The number of carbonyl (C=O) groups is 1. The molecule has 1 heterocycles. The molecule has 0 saturated carbocycles. The molecule has 7 heteroatoms. The predicted molar refractivity (Wildman–Crippen MR) is 61.7 cm³/mol. The van der Waals surface area contributed by atoms with E-state index in [0.717, 1.165) is 6.92 Å². The summed E-state index contributed by atoms with van der Waals surface area (Å²) in [5.74, 6) is -1.38. The van der Waals surface area contributed by atoms with Crippen LogP contribution in [0, 0.1) is 0 Å². The minimum atomic E-state index is -4.44. The Labute approximate surface area is 103 Å². The molecule has 18 heavy (non-hydrogen) atoms. The van der Waals surface area contributed by atoms with E-state index in [9.17, 15) is 18.0 Å². The summed E-state index contributed by atoms with van der Waals surface area (Å²) in [5, 5.41) is 10.8. The van der Waals surface area contributed by atoms with Crippen LogP contribution < -0.4 is 5.32 Å². The molecule has 0 fully saturated rings. The minimum Gasteiger partial charge on any atom is -0.476 e. The summed E-state index contributed by atoms with van der Waals surface area (Å²) in [4.78, 5) is 14.2. The zero-order chi connectivity index (χ0) is 14.3. The summed E-state index contributed by atoms with van der Waals surface area (Å²) >= 11 is 0. The normalized spacial score (nSPS) is 12.1. The van der Waals surface area contributed by atoms with Gasteiger partial charge in [0, 0.05) is 6.20 Å². The first-order valence-corrected chi connectivity index (χ1v) is 5.34. The van der Waals surface area contributed by atoms with Gasteiger partial charge >= 0.3 is 12.1 Å². The molecule has 0 aliphatic heterocycles. The monoisotopic (exact) mass is 264 g/mol. The second kappa shape index (κ2) is 6.83. The topological polar surface area (TPSA) is 62.2 Å². The van der Waals surface area contributed by atoms with Crippen molar-refractivity contribution in [1.82, 2.24) is 4.98 Å². The number of halogens is 3. The Morgan fingerprint density at radius 1 is 1.44 bits per heavy atom. The van der Waals surface area contributed by atoms with Gasteiger partial charge in [0.05, 0.1) is 5.69 Å². The van der Waals surface area contributed by atoms with Gasteiger partial charge in [-0.2, -0.15) is 13.2 Å². The lowest BCUT2D eigenvalue weighted by Crippen LogP contribution is -2.33. The van der Waals surface area contributed by atoms with Crippen LogP contribution in [0.2, 0.25) is 0 Å². The Balaban J connectivity index is 0.00000137. The number of carboxylic acid groups (broad SMARTS) is 1. The fourth-order valence-corrected chi connectivity index (χ4v) is 1.01. The van der Waals surface area contributed by atoms with Crippen molar-refractivity contribution in [2.75, 3.05) is 5.32 Å². The number of alkyl halides is 3. The van der Waals surface area contributed by atoms with E-state index in [1.165, 1.54) is 18.3 Å². The summed E-state index contributed by atoms with van der Waals surface area (Å²) in [6, 6.07) is 0.756. The van der Waals surface area contributed by atoms with Crippen LogP contribution in [0.25, 0.3) is 0 Å². The number of aromatic nitrogens is 1. The van der Waals surface area contributed by atoms with Gasteiger partial charge in [-0.25, -0.2) is 9.78 Å². The quantitative estimate of drug-likeness (QED) is 0.880. The zero-order valence-corrected chi connectivity index (χ0v) is 10.2. The average molecular weight is 264 g/mol. The summed E-state index contributed by atoms with van der Waals surface area (Å²) in [7, 11) is 0. The molecule has 0 spiro atoms. The van der Waals surface area contributed by atoms with Crippen molar-refractivity contribution < 1.29 is 23.1 Å². The third-order valence-electron chi connectivity index (χ3n) is 1.87. The number of pyridine rings is 1. The van der Waals surface area contributed by atoms with Crippen LogP contribution in [0.1, 0.15) is 31.3 Å². The van der Waals surface area contributed by atoms with Crippen molar-refractivity contribution in [3.8, 4) is 0 Å². The Hall–Kier alpha value is -1.79. The molecule has 1 rings (SSSR count). The van der Waals surface area contributed by atoms with Gasteiger partial charge in [0.25, 0.3) is 0 Å². The molecule has 0 saturated heterocycles. The number of anilines is 1. The Morgan fingerprint density at radius 2 is 2.00 bits per heavy atom. The first kappa shape index (κ1) is 16.2. The summed E-state index contributed by atoms with van der Waals surface area (Å²) in [5.41, 5.74) is -0.585. The highest BCUT2D eigenvalue weighted by Crippen LogP contribution is 2.24. The molecular formula is C11H15F3N2O2. The molecule has 4 nitrogen and oxygen atoms in total. The molecule has 1 atom stereocenters. The lowest BCUT2D eigenvalue weighted by Gasteiger charge is -2.18. The van der Waals surface area contributed by atoms with Crippen molar-refractivity contribution in [3.05, 3.63) is 24.0 Å². The molecule has 0 aliphatic carbocycles. The van der Waals surface area contributed by atoms with E-state index in [1.54, 1.807) is 0 Å². The van der Waals surface area contributed by atoms with E-state index in [-0.39, 0.29) is 5.69 Å². The van der Waals surface area contributed by atoms with E-state index in [0.29, 0.717) is 0 Å². The second-order valence-electron chi connectivity index (χ2n) is 3.11. The standard InChI is InChI=1S/C9H9F3N2O2.C2H6/c1-5(9(10,11)12)14-6-3-2-4-13-7(6)8(15)16;1-2/h2-5,14H,1H3,(H,15,16);1-2H3. The number of nitrogens with one attached hydrogen (secondary N) is 1. The van der Waals surface area contributed by atoms with Gasteiger partial charge in [-0.05, 0) is 19.1 Å². The average Bonchev–Trinajstić information content (AvgIpc) is 2.31. The predicted octanol–water partition coefficient (Wildman–Crippen LogP) is 3.17. The number of nitrogens with zero attached hydrogens (tertiary/aromatic N) is 1. The maximum atomic E-state index is 12.2. The molecule has 0 radical (unpaired) electrons. The molecule has 1 unspecified atom stereocenters. The highest BCUT2D eigenvalue weighted by molar-refractivity contribution is 5.91. The highest BCUT2D eigenvalue weighted by atomic mass is 19.4. The maximum Gasteiger partial charge on any atom is 0.408 e. The van der Waals surface area contributed by atoms with Crippen molar-refractivity contribution in [3.63, 3.8) is 0 Å². The third kappa shape index (κ3) is 4.60. The van der Waals surface area contributed by atoms with Crippen molar-refractivity contribution in [2.45, 2.75) is 33.0 Å². The largest absolute Gasteiger partial charge is 0.476 e. The van der Waals surface area contributed by atoms with Gasteiger partial charge in [-0.15, -0.1) is 0 Å². The van der Waals surface area contributed by atoms with Crippen LogP contribution in [0.15, 0.2) is 18.3 Å². The lowest BCUT2D eigenvalue weighted by atomic mass is 10.2. The van der Waals surface area contributed by atoms with Crippen molar-refractivity contribution >= 4 is 11.7 Å². The van der Waals surface area contributed by atoms with Gasteiger partial charge in [0.1, 0.15) is 6.04 Å². The molecule has 0 aromatic carbocycles. The number of aromatic carboxylic acids is 1. The smallest absolute Gasteiger partial charge is 0.408 e. The molecular weight excluding hydrogens is 249 g/mol. The van der Waals surface area contributed by atoms with E-state index < -0.39 is 23.9 Å². The Morgan fingerprint density at radius 3 is 2.44 bits per heavy atom. The maximum absolute atomic E-state index is 12.2. The Kier molecular flexibility index (Phi) is 6.15. The SMILES string of the molecule is CC.CC(Nc1cccnc1C(=O)O)C(F)(F)F. The van der Waals surface area contributed by atoms with E-state index >= 15 is 0 Å². The van der Waals surface area contributed by atoms with Gasteiger partial charge in [0.15, 0.2) is 5.69 Å². The third-order valence-corrected chi connectivity index (χ3v) is 1.87. The minimum absolute atomic E-state index is 0.153. The summed E-state index contributed by atoms with van der Waals surface area (Å²) < 4.78 is 36.7. The molecule has 102 valence electrons. The van der Waals surface area contributed by atoms with Gasteiger partial charge in [-0.3, -0.25) is 0 Å². The molecule has 0 amide bonds. The van der Waals surface area contributed by atoms with Crippen molar-refractivity contribution in [1.29, 1.82) is 0 Å². The second-order valence-corrected chi connectivity index (χ2v) is 3.11. The molecule has 1 aromatic rings. The van der Waals surface area contributed by atoms with E-state index in [1.807, 2.05) is 13.8 Å². The fourth-order valence-electron chi connectivity index (χ4n) is 1.01. The van der Waals surface area contributed by atoms with E-state index in [4.69, 9.17) is 5.11 Å². The Bertz CT molecular complexity index is 394. The lowest BCUT2D eigenvalue weighted by molar-refractivity contribution is -0.138. The first-order valence-electron chi connectivity index (χ1n) is 5.34. The van der Waals surface area contributed by atoms with Crippen LogP contribution in [-0.4, -0.2) is 28.3 Å². The molecule has 0 bridgehead atoms. The van der Waals surface area contributed by atoms with Crippen LogP contribution in [0.5, 0.6) is 0 Å². The van der Waals surface area contributed by atoms with Crippen LogP contribution in [0.3, 0.4) is 0 Å². The summed E-state index contributed by atoms with van der Waals surface area (Å²) in [6.07, 6.45) is -3.24. The number of hydrogen-bond acceptors (Lipinski definition) is 3. The molecule has 0 aliphatic rings. The molecule has 2 N–H and O–H groups in total. The van der Waals surface area contributed by atoms with Gasteiger partial charge < -0.3 is 10.4 Å². The molecule has 1 aromatic heterocycles. The van der Waals surface area contributed by atoms with Gasteiger partial charge in [0.2, 0.25) is 0 Å². The number of rotatable bonds is 3. The number of hydrogen-bond donors (Lipinski definition) is 2. The first-order chi connectivity index (χ1) is 8.32. The highest BCUT2D eigenvalue weighted by Gasteiger charge is 2.36. The van der Waals surface area contributed by atoms with Crippen LogP contribution >= 0.6 is 0 Å². The summed E-state index contributed by atoms with van der Waals surface area (Å²) in [6.45, 7) is 4.90. The van der Waals surface area contributed by atoms with Crippen LogP contribution in [-0.2, 0) is 0 Å². The van der Waals surface area contributed by atoms with Gasteiger partial charge in [-0.1, -0.05) is 13.8 Å². The van der Waals surface area contributed by atoms with Crippen molar-refractivity contribution in [2.24, 2.45) is 0 Å². The fraction of sp³-hybridized carbons (Fsp3) is 0.455. The zero-order valence-electron chi connectivity index (χ0n) is 10.2. The van der Waals surface area contributed by atoms with E-state index in [2.05, 4.69) is 10.3 Å².